The van der Waals surface area contributed by atoms with E-state index >= 15 is 0 Å². The Labute approximate surface area is 100 Å². The molecule has 2 nitrogen and oxygen atoms in total. The summed E-state index contributed by atoms with van der Waals surface area (Å²) in [6, 6.07) is 7.93. The minimum Gasteiger partial charge on any atom is -0.398 e. The molecule has 0 unspecified atom stereocenters. The van der Waals surface area contributed by atoms with Gasteiger partial charge in [0, 0.05) is 26.9 Å². The molecule has 0 amide bonds. The van der Waals surface area contributed by atoms with Gasteiger partial charge in [-0.05, 0) is 18.2 Å². The second kappa shape index (κ2) is 3.98. The Hall–Kier alpha value is -1.22. The molecule has 2 rings (SSSR count). The number of thioether (sulfide) groups is 1. The van der Waals surface area contributed by atoms with Crippen LogP contribution in [0.25, 0.3) is 10.9 Å². The van der Waals surface area contributed by atoms with Gasteiger partial charge in [0.1, 0.15) is 0 Å². The van der Waals surface area contributed by atoms with Crippen LogP contribution in [0.3, 0.4) is 0 Å². The van der Waals surface area contributed by atoms with Gasteiger partial charge in [0.25, 0.3) is 0 Å². The number of benzene rings is 1. The van der Waals surface area contributed by atoms with Gasteiger partial charge in [0.2, 0.25) is 0 Å². The minimum absolute atomic E-state index is 0.151. The Morgan fingerprint density at radius 2 is 1.94 bits per heavy atom. The van der Waals surface area contributed by atoms with Crippen molar-refractivity contribution in [3.05, 3.63) is 30.5 Å². The van der Waals surface area contributed by atoms with Crippen LogP contribution >= 0.6 is 11.8 Å². The molecule has 0 spiro atoms. The first kappa shape index (κ1) is 11.3. The second-order valence-electron chi connectivity index (χ2n) is 4.77. The van der Waals surface area contributed by atoms with E-state index in [0.29, 0.717) is 0 Å². The van der Waals surface area contributed by atoms with Crippen LogP contribution in [0.1, 0.15) is 20.8 Å². The van der Waals surface area contributed by atoms with E-state index in [-0.39, 0.29) is 4.75 Å². The molecule has 0 aliphatic rings. The number of nitrogens with two attached hydrogens (primary N) is 1. The van der Waals surface area contributed by atoms with Crippen LogP contribution in [0.2, 0.25) is 0 Å². The molecule has 0 saturated carbocycles. The number of hydrogen-bond donors (Lipinski definition) is 1. The van der Waals surface area contributed by atoms with Crippen molar-refractivity contribution in [2.75, 3.05) is 5.73 Å². The van der Waals surface area contributed by atoms with Crippen molar-refractivity contribution in [2.45, 2.75) is 30.4 Å². The molecule has 1 aromatic carbocycles. The largest absolute Gasteiger partial charge is 0.398 e. The summed E-state index contributed by atoms with van der Waals surface area (Å²) in [6.45, 7) is 6.56. The lowest BCUT2D eigenvalue weighted by Gasteiger charge is -2.20. The number of nitrogens with zero attached hydrogens (tertiary/aromatic N) is 1. The highest BCUT2D eigenvalue weighted by molar-refractivity contribution is 8.01. The average molecular weight is 232 g/mol. The fourth-order valence-corrected chi connectivity index (χ4v) is 2.64. The Kier molecular flexibility index (Phi) is 2.80. The predicted octanol–water partition coefficient (Wildman–Crippen LogP) is 3.71. The maximum absolute atomic E-state index is 6.05. The van der Waals surface area contributed by atoms with Crippen molar-refractivity contribution in [3.8, 4) is 0 Å². The van der Waals surface area contributed by atoms with Gasteiger partial charge < -0.3 is 5.73 Å². The number of hydrogen-bond acceptors (Lipinski definition) is 3. The molecule has 0 saturated heterocycles. The molecule has 84 valence electrons. The molecule has 0 bridgehead atoms. The fraction of sp³-hybridized carbons (Fsp3) is 0.308. The quantitative estimate of drug-likeness (QED) is 0.602. The van der Waals surface area contributed by atoms with Gasteiger partial charge >= 0.3 is 0 Å². The molecule has 1 aromatic heterocycles. The molecular weight excluding hydrogens is 216 g/mol. The molecule has 0 aliphatic carbocycles. The van der Waals surface area contributed by atoms with Crippen LogP contribution in [0.4, 0.5) is 5.69 Å². The van der Waals surface area contributed by atoms with Gasteiger partial charge in [-0.15, -0.1) is 11.8 Å². The van der Waals surface area contributed by atoms with Crippen LogP contribution in [0.15, 0.2) is 35.4 Å². The lowest BCUT2D eigenvalue weighted by atomic mass is 10.2. The first-order valence-electron chi connectivity index (χ1n) is 5.29. The molecule has 0 atom stereocenters. The molecule has 16 heavy (non-hydrogen) atoms. The van der Waals surface area contributed by atoms with Crippen molar-refractivity contribution < 1.29 is 0 Å². The van der Waals surface area contributed by atoms with Crippen LogP contribution in [0, 0.1) is 0 Å². The summed E-state index contributed by atoms with van der Waals surface area (Å²) in [7, 11) is 0. The van der Waals surface area contributed by atoms with Gasteiger partial charge in [0.05, 0.1) is 5.52 Å². The van der Waals surface area contributed by atoms with Gasteiger partial charge in [-0.25, -0.2) is 0 Å². The third-order valence-electron chi connectivity index (χ3n) is 2.17. The number of anilines is 1. The Morgan fingerprint density at radius 3 is 2.62 bits per heavy atom. The highest BCUT2D eigenvalue weighted by atomic mass is 32.2. The Balaban J connectivity index is 2.62. The molecule has 0 radical (unpaired) electrons. The van der Waals surface area contributed by atoms with E-state index in [1.165, 1.54) is 0 Å². The highest BCUT2D eigenvalue weighted by Gasteiger charge is 2.16. The van der Waals surface area contributed by atoms with Gasteiger partial charge in [-0.3, -0.25) is 4.98 Å². The van der Waals surface area contributed by atoms with Gasteiger partial charge in [-0.1, -0.05) is 26.8 Å². The Bertz CT molecular complexity index is 515. The summed E-state index contributed by atoms with van der Waals surface area (Å²) in [6.07, 6.45) is 1.81. The molecule has 3 heteroatoms. The van der Waals surface area contributed by atoms with Crippen molar-refractivity contribution in [2.24, 2.45) is 0 Å². The first-order valence-corrected chi connectivity index (χ1v) is 6.11. The average Bonchev–Trinajstić information content (AvgIpc) is 2.21. The molecule has 1 heterocycles. The molecule has 0 aliphatic heterocycles. The smallest absolute Gasteiger partial charge is 0.0714 e. The van der Waals surface area contributed by atoms with Crippen LogP contribution < -0.4 is 5.73 Å². The summed E-state index contributed by atoms with van der Waals surface area (Å²) in [5, 5.41) is 1.14. The summed E-state index contributed by atoms with van der Waals surface area (Å²) < 4.78 is 0.151. The number of nitrogen functional groups attached to an aromatic ring is 1. The van der Waals surface area contributed by atoms with Crippen LogP contribution in [-0.4, -0.2) is 9.73 Å². The van der Waals surface area contributed by atoms with Crippen molar-refractivity contribution in [1.82, 2.24) is 4.98 Å². The zero-order chi connectivity index (χ0) is 11.8. The van der Waals surface area contributed by atoms with Crippen LogP contribution in [-0.2, 0) is 0 Å². The summed E-state index contributed by atoms with van der Waals surface area (Å²) >= 11 is 1.79. The molecule has 2 N–H and O–H groups in total. The van der Waals surface area contributed by atoms with E-state index in [1.54, 1.807) is 11.8 Å². The summed E-state index contributed by atoms with van der Waals surface area (Å²) in [5.41, 5.74) is 7.88. The minimum atomic E-state index is 0.151. The molecular formula is C13H16N2S. The van der Waals surface area contributed by atoms with E-state index < -0.39 is 0 Å². The zero-order valence-electron chi connectivity index (χ0n) is 9.82. The maximum Gasteiger partial charge on any atom is 0.0714 e. The summed E-state index contributed by atoms with van der Waals surface area (Å²) in [5.74, 6) is 0. The van der Waals surface area contributed by atoms with E-state index in [2.05, 4.69) is 31.8 Å². The third-order valence-corrected chi connectivity index (χ3v) is 3.45. The normalized spacial score (nSPS) is 11.9. The predicted molar refractivity (Wildman–Crippen MR) is 71.8 cm³/mol. The number of aromatic nitrogens is 1. The lowest BCUT2D eigenvalue weighted by molar-refractivity contribution is 0.803. The van der Waals surface area contributed by atoms with Gasteiger partial charge in [0.15, 0.2) is 0 Å². The van der Waals surface area contributed by atoms with Crippen LogP contribution in [0.5, 0.6) is 0 Å². The van der Waals surface area contributed by atoms with Gasteiger partial charge in [-0.2, -0.15) is 0 Å². The molecule has 0 fully saturated rings. The van der Waals surface area contributed by atoms with E-state index in [9.17, 15) is 0 Å². The standard InChI is InChI=1S/C13H16N2S/c1-13(2,3)16-12-9-5-4-8-15-11(9)7-6-10(12)14/h4-8H,14H2,1-3H3. The van der Waals surface area contributed by atoms with Crippen molar-refractivity contribution in [1.29, 1.82) is 0 Å². The Morgan fingerprint density at radius 1 is 1.19 bits per heavy atom. The topological polar surface area (TPSA) is 38.9 Å². The zero-order valence-corrected chi connectivity index (χ0v) is 10.6. The number of fused-ring (bicyclic) bond motifs is 1. The maximum atomic E-state index is 6.05. The highest BCUT2D eigenvalue weighted by Crippen LogP contribution is 2.39. The SMILES string of the molecule is CC(C)(C)Sc1c(N)ccc2ncccc12. The van der Waals surface area contributed by atoms with E-state index in [0.717, 1.165) is 21.5 Å². The second-order valence-corrected chi connectivity index (χ2v) is 6.61. The number of rotatable bonds is 1. The summed E-state index contributed by atoms with van der Waals surface area (Å²) in [4.78, 5) is 5.48. The number of pyridine rings is 1. The lowest BCUT2D eigenvalue weighted by Crippen LogP contribution is -2.08. The monoisotopic (exact) mass is 232 g/mol. The first-order chi connectivity index (χ1) is 7.47. The third kappa shape index (κ3) is 2.30. The van der Waals surface area contributed by atoms with Crippen molar-refractivity contribution in [3.63, 3.8) is 0 Å². The molecule has 2 aromatic rings. The van der Waals surface area contributed by atoms with Crippen molar-refractivity contribution >= 4 is 28.4 Å². The fourth-order valence-electron chi connectivity index (χ4n) is 1.56. The van der Waals surface area contributed by atoms with E-state index in [1.807, 2.05) is 24.4 Å². The van der Waals surface area contributed by atoms with E-state index in [4.69, 9.17) is 5.73 Å².